The predicted molar refractivity (Wildman–Crippen MR) is 360 cm³/mol. The third-order valence-corrected chi connectivity index (χ3v) is 17.1. The molecule has 9 heteroatoms. The van der Waals surface area contributed by atoms with Crippen molar-refractivity contribution < 1.29 is 8.78 Å². The number of fused-ring (bicyclic) bond motifs is 6. The van der Waals surface area contributed by atoms with E-state index in [0.29, 0.717) is 22.5 Å². The summed E-state index contributed by atoms with van der Waals surface area (Å²) in [6.45, 7) is 0. The molecule has 0 unspecified atom stereocenters. The molecule has 0 bridgehead atoms. The Morgan fingerprint density at radius 1 is 0.278 bits per heavy atom. The summed E-state index contributed by atoms with van der Waals surface area (Å²) in [5.41, 5.74) is 20.4. The third-order valence-electron chi connectivity index (χ3n) is 17.1. The molecule has 422 valence electrons. The van der Waals surface area contributed by atoms with E-state index in [1.165, 1.54) is 12.1 Å². The van der Waals surface area contributed by atoms with Gasteiger partial charge in [-0.25, -0.2) is 8.78 Å². The first-order valence-corrected chi connectivity index (χ1v) is 29.7. The lowest BCUT2D eigenvalue weighted by Crippen LogP contribution is -2.06. The summed E-state index contributed by atoms with van der Waals surface area (Å²) in [5, 5.41) is 15.8. The van der Waals surface area contributed by atoms with Crippen molar-refractivity contribution in [2.45, 2.75) is 0 Å². The largest absolute Gasteiger partial charge is 0.308 e. The number of aromatic nitrogens is 6. The van der Waals surface area contributed by atoms with E-state index in [1.54, 1.807) is 0 Å². The molecule has 0 amide bonds. The molecule has 0 aliphatic rings. The summed E-state index contributed by atoms with van der Waals surface area (Å²) in [6, 6.07) is 92.4. The lowest BCUT2D eigenvalue weighted by molar-refractivity contribution is 0.584. The quantitative estimate of drug-likeness (QED) is 0.129. The smallest absolute Gasteiger partial charge is 0.126 e. The molecule has 0 atom stereocenters. The van der Waals surface area contributed by atoms with Crippen LogP contribution in [0, 0.1) is 23.0 Å². The van der Waals surface area contributed by atoms with E-state index in [4.69, 9.17) is 19.9 Å². The highest BCUT2D eigenvalue weighted by molar-refractivity contribution is 6.14. The summed E-state index contributed by atoms with van der Waals surface area (Å²) in [4.78, 5) is 19.6. The van der Waals surface area contributed by atoms with Crippen molar-refractivity contribution in [3.8, 4) is 118 Å². The fraction of sp³-hybridized carbons (Fsp3) is 0. The second-order valence-corrected chi connectivity index (χ2v) is 22.4. The van der Waals surface area contributed by atoms with Crippen LogP contribution >= 0.6 is 0 Å². The summed E-state index contributed by atoms with van der Waals surface area (Å²) in [7, 11) is 0. The zero-order valence-electron chi connectivity index (χ0n) is 48.2. The molecule has 0 saturated heterocycles. The molecule has 90 heavy (non-hydrogen) atoms. The fourth-order valence-corrected chi connectivity index (χ4v) is 12.7. The van der Waals surface area contributed by atoms with E-state index in [0.717, 1.165) is 139 Å². The first kappa shape index (κ1) is 53.2. The van der Waals surface area contributed by atoms with Gasteiger partial charge in [-0.15, -0.1) is 0 Å². The predicted octanol–water partition coefficient (Wildman–Crippen LogP) is 20.6. The molecule has 10 aromatic carbocycles. The van der Waals surface area contributed by atoms with Crippen molar-refractivity contribution in [1.82, 2.24) is 29.1 Å². The van der Waals surface area contributed by atoms with E-state index in [9.17, 15) is 5.26 Å². The number of benzene rings is 10. The Morgan fingerprint density at radius 3 is 0.889 bits per heavy atom. The molecule has 0 saturated carbocycles. The van der Waals surface area contributed by atoms with Gasteiger partial charge in [-0.1, -0.05) is 176 Å². The molecule has 0 aliphatic heterocycles. The van der Waals surface area contributed by atoms with Crippen LogP contribution in [0.15, 0.2) is 298 Å². The van der Waals surface area contributed by atoms with Crippen LogP contribution < -0.4 is 0 Å². The van der Waals surface area contributed by atoms with Gasteiger partial charge in [0.1, 0.15) is 23.3 Å². The highest BCUT2D eigenvalue weighted by Crippen LogP contribution is 2.45. The standard InChI is InChI=1S/C81H49F2N7/c82-64-39-63(40-65(83)45-64)66-29-38-80(89-76-34-25-55(59-21-30-72(85-47-59)51-13-5-1-6-14-51)41-67(76)68-42-56(26-35-77(68)89)60-22-31-73(86-48-60)52-15-7-2-8-16-52)71(46-84)81(66)90-78-36-27-57(61-23-32-74(87-49-61)53-17-9-3-10-18-53)43-69(78)70-44-58(28-37-79(70)90)62-24-33-75(88-50-62)54-19-11-4-12-20-54/h1-45,47-50H. The van der Waals surface area contributed by atoms with Crippen molar-refractivity contribution in [3.05, 3.63) is 315 Å². The Bertz CT molecular complexity index is 5150. The first-order valence-electron chi connectivity index (χ1n) is 29.7. The highest BCUT2D eigenvalue weighted by Gasteiger charge is 2.26. The van der Waals surface area contributed by atoms with E-state index >= 15 is 8.78 Å². The molecular formula is C81H49F2N7. The second kappa shape index (κ2) is 22.2. The maximum absolute atomic E-state index is 15.8. The van der Waals surface area contributed by atoms with Crippen LogP contribution in [0.4, 0.5) is 8.78 Å². The number of hydrogen-bond donors (Lipinski definition) is 0. The maximum atomic E-state index is 15.8. The van der Waals surface area contributed by atoms with Crippen molar-refractivity contribution in [2.75, 3.05) is 0 Å². The molecule has 0 radical (unpaired) electrons. The van der Waals surface area contributed by atoms with Crippen LogP contribution in [0.2, 0.25) is 0 Å². The second-order valence-electron chi connectivity index (χ2n) is 22.4. The number of hydrogen-bond acceptors (Lipinski definition) is 5. The molecule has 16 rings (SSSR count). The monoisotopic (exact) mass is 1160 g/mol. The van der Waals surface area contributed by atoms with Crippen LogP contribution in [0.25, 0.3) is 156 Å². The Morgan fingerprint density at radius 2 is 0.589 bits per heavy atom. The average molecular weight is 1160 g/mol. The van der Waals surface area contributed by atoms with Gasteiger partial charge in [0, 0.05) is 102 Å². The van der Waals surface area contributed by atoms with Crippen LogP contribution in [-0.4, -0.2) is 29.1 Å². The van der Waals surface area contributed by atoms with Crippen LogP contribution in [-0.2, 0) is 0 Å². The summed E-state index contributed by atoms with van der Waals surface area (Å²) >= 11 is 0. The minimum absolute atomic E-state index is 0.276. The SMILES string of the molecule is N#Cc1c(-n2c3ccc(-c4ccc(-c5ccccc5)nc4)cc3c3cc(-c4ccc(-c5ccccc5)nc4)ccc32)ccc(-c2cc(F)cc(F)c2)c1-n1c2ccc(-c3ccc(-c4ccccc4)nc3)cc2c2cc(-c3ccc(-c4ccccc4)nc3)ccc21. The average Bonchev–Trinajstić information content (AvgIpc) is 1.56. The number of halogens is 2. The Labute approximate surface area is 517 Å². The molecule has 16 aromatic rings. The Hall–Kier alpha value is -12.3. The molecule has 0 aliphatic carbocycles. The normalized spacial score (nSPS) is 11.4. The van der Waals surface area contributed by atoms with Crippen LogP contribution in [0.3, 0.4) is 0 Å². The summed E-state index contributed by atoms with van der Waals surface area (Å²) in [6.07, 6.45) is 7.63. The van der Waals surface area contributed by atoms with Gasteiger partial charge in [-0.05, 0) is 119 Å². The first-order chi connectivity index (χ1) is 44.4. The third kappa shape index (κ3) is 9.53. The van der Waals surface area contributed by atoms with Crippen molar-refractivity contribution in [3.63, 3.8) is 0 Å². The van der Waals surface area contributed by atoms with Crippen LogP contribution in [0.1, 0.15) is 5.56 Å². The zero-order valence-corrected chi connectivity index (χ0v) is 48.2. The Balaban J connectivity index is 0.923. The summed E-state index contributed by atoms with van der Waals surface area (Å²) in [5.74, 6) is -1.48. The number of rotatable bonds is 11. The lowest BCUT2D eigenvalue weighted by Gasteiger charge is -2.20. The van der Waals surface area contributed by atoms with E-state index in [-0.39, 0.29) is 5.56 Å². The van der Waals surface area contributed by atoms with Gasteiger partial charge in [-0.2, -0.15) is 5.26 Å². The molecule has 0 N–H and O–H groups in total. The van der Waals surface area contributed by atoms with Gasteiger partial charge in [0.25, 0.3) is 0 Å². The van der Waals surface area contributed by atoms with Crippen LogP contribution in [0.5, 0.6) is 0 Å². The number of nitriles is 1. The van der Waals surface area contributed by atoms with Crippen molar-refractivity contribution >= 4 is 43.6 Å². The molecular weight excluding hydrogens is 1110 g/mol. The van der Waals surface area contributed by atoms with Gasteiger partial charge in [0.2, 0.25) is 0 Å². The maximum Gasteiger partial charge on any atom is 0.126 e. The minimum Gasteiger partial charge on any atom is -0.308 e. The lowest BCUT2D eigenvalue weighted by atomic mass is 9.97. The highest BCUT2D eigenvalue weighted by atomic mass is 19.1. The molecule has 6 aromatic heterocycles. The van der Waals surface area contributed by atoms with E-state index in [2.05, 4.69) is 137 Å². The van der Waals surface area contributed by atoms with E-state index in [1.807, 2.05) is 158 Å². The molecule has 0 spiro atoms. The Kier molecular flexibility index (Phi) is 13.2. The number of nitrogens with zero attached hydrogens (tertiary/aromatic N) is 7. The van der Waals surface area contributed by atoms with Gasteiger partial charge in [0.05, 0.1) is 56.2 Å². The van der Waals surface area contributed by atoms with Gasteiger partial charge < -0.3 is 9.13 Å². The molecule has 0 fully saturated rings. The molecule has 6 heterocycles. The summed E-state index contributed by atoms with van der Waals surface area (Å²) < 4.78 is 35.7. The van der Waals surface area contributed by atoms with Gasteiger partial charge in [-0.3, -0.25) is 19.9 Å². The number of pyridine rings is 4. The zero-order chi connectivity index (χ0) is 60.2. The van der Waals surface area contributed by atoms with Crippen molar-refractivity contribution in [1.29, 1.82) is 5.26 Å². The fourth-order valence-electron chi connectivity index (χ4n) is 12.7. The molecule has 7 nitrogen and oxygen atoms in total. The van der Waals surface area contributed by atoms with Crippen molar-refractivity contribution in [2.24, 2.45) is 0 Å². The van der Waals surface area contributed by atoms with Gasteiger partial charge >= 0.3 is 0 Å². The van der Waals surface area contributed by atoms with Gasteiger partial charge in [0.15, 0.2) is 0 Å². The van der Waals surface area contributed by atoms with E-state index < -0.39 is 11.6 Å². The topological polar surface area (TPSA) is 85.2 Å². The minimum atomic E-state index is -0.738.